The van der Waals surface area contributed by atoms with Crippen LogP contribution in [0.4, 0.5) is 0 Å². The highest BCUT2D eigenvalue weighted by molar-refractivity contribution is 5.85. The second-order valence-corrected chi connectivity index (χ2v) is 5.63. The first kappa shape index (κ1) is 12.4. The zero-order valence-electron chi connectivity index (χ0n) is 11.0. The molecule has 1 aromatic rings. The van der Waals surface area contributed by atoms with Gasteiger partial charge in [-0.3, -0.25) is 4.90 Å². The number of carbonyl (C=O) groups is 1. The topological polar surface area (TPSA) is 40.5 Å². The van der Waals surface area contributed by atoms with Crippen LogP contribution in [0, 0.1) is 5.92 Å². The van der Waals surface area contributed by atoms with Gasteiger partial charge in [0.2, 0.25) is 0 Å². The molecule has 1 N–H and O–H groups in total. The molecule has 1 aromatic carbocycles. The SMILES string of the molecule is O=C(O)/C=C/c1ccccc1CN1CC2CCC1C2. The number of carboxylic acids is 1. The maximum atomic E-state index is 10.6. The number of nitrogens with zero attached hydrogens (tertiary/aromatic N) is 1. The summed E-state index contributed by atoms with van der Waals surface area (Å²) >= 11 is 0. The van der Waals surface area contributed by atoms with Crippen LogP contribution in [-0.2, 0) is 11.3 Å². The fraction of sp³-hybridized carbons (Fsp3) is 0.438. The van der Waals surface area contributed by atoms with Gasteiger partial charge < -0.3 is 5.11 Å². The van der Waals surface area contributed by atoms with E-state index in [0.717, 1.165) is 24.1 Å². The van der Waals surface area contributed by atoms with E-state index in [1.54, 1.807) is 6.08 Å². The molecule has 1 heterocycles. The lowest BCUT2D eigenvalue weighted by Gasteiger charge is -2.27. The van der Waals surface area contributed by atoms with Gasteiger partial charge in [-0.2, -0.15) is 0 Å². The largest absolute Gasteiger partial charge is 0.478 e. The van der Waals surface area contributed by atoms with Crippen molar-refractivity contribution in [2.75, 3.05) is 6.54 Å². The van der Waals surface area contributed by atoms with Crippen LogP contribution in [0.25, 0.3) is 6.08 Å². The fourth-order valence-corrected chi connectivity index (χ4v) is 3.44. The summed E-state index contributed by atoms with van der Waals surface area (Å²) in [6.07, 6.45) is 6.99. The number of likely N-dealkylation sites (tertiary alicyclic amines) is 1. The summed E-state index contributed by atoms with van der Waals surface area (Å²) in [7, 11) is 0. The monoisotopic (exact) mass is 257 g/mol. The molecule has 1 saturated carbocycles. The molecule has 3 heteroatoms. The van der Waals surface area contributed by atoms with E-state index in [0.29, 0.717) is 0 Å². The first-order valence-electron chi connectivity index (χ1n) is 6.95. The van der Waals surface area contributed by atoms with Gasteiger partial charge in [0.25, 0.3) is 0 Å². The van der Waals surface area contributed by atoms with Crippen molar-refractivity contribution in [3.8, 4) is 0 Å². The minimum atomic E-state index is -0.893. The molecule has 2 fully saturated rings. The Morgan fingerprint density at radius 2 is 2.21 bits per heavy atom. The summed E-state index contributed by atoms with van der Waals surface area (Å²) in [5.74, 6) is 0.00163. The molecule has 0 spiro atoms. The summed E-state index contributed by atoms with van der Waals surface area (Å²) in [4.78, 5) is 13.2. The first-order chi connectivity index (χ1) is 9.22. The van der Waals surface area contributed by atoms with Gasteiger partial charge in [-0.1, -0.05) is 24.3 Å². The smallest absolute Gasteiger partial charge is 0.328 e. The lowest BCUT2D eigenvalue weighted by molar-refractivity contribution is -0.131. The van der Waals surface area contributed by atoms with Crippen LogP contribution in [0.3, 0.4) is 0 Å². The predicted octanol–water partition coefficient (Wildman–Crippen LogP) is 2.77. The average molecular weight is 257 g/mol. The van der Waals surface area contributed by atoms with Gasteiger partial charge >= 0.3 is 5.97 Å². The number of hydrogen-bond donors (Lipinski definition) is 1. The molecule has 0 amide bonds. The Kier molecular flexibility index (Phi) is 3.38. The van der Waals surface area contributed by atoms with Gasteiger partial charge in [-0.15, -0.1) is 0 Å². The zero-order valence-corrected chi connectivity index (χ0v) is 11.0. The Hall–Kier alpha value is -1.61. The molecule has 0 aromatic heterocycles. The summed E-state index contributed by atoms with van der Waals surface area (Å²) in [5.41, 5.74) is 2.25. The van der Waals surface area contributed by atoms with Gasteiger partial charge in [0.1, 0.15) is 0 Å². The Bertz CT molecular complexity index is 509. The van der Waals surface area contributed by atoms with E-state index in [9.17, 15) is 4.79 Å². The number of aliphatic carboxylic acids is 1. The first-order valence-corrected chi connectivity index (χ1v) is 6.95. The van der Waals surface area contributed by atoms with E-state index in [1.807, 2.05) is 18.2 Å². The van der Waals surface area contributed by atoms with Crippen molar-refractivity contribution in [1.29, 1.82) is 0 Å². The third-order valence-corrected chi connectivity index (χ3v) is 4.36. The molecular weight excluding hydrogens is 238 g/mol. The number of fused-ring (bicyclic) bond motifs is 2. The van der Waals surface area contributed by atoms with Gasteiger partial charge in [0.05, 0.1) is 0 Å². The average Bonchev–Trinajstić information content (AvgIpc) is 3.00. The van der Waals surface area contributed by atoms with Crippen molar-refractivity contribution >= 4 is 12.0 Å². The minimum absolute atomic E-state index is 0.751. The Morgan fingerprint density at radius 1 is 1.37 bits per heavy atom. The number of benzene rings is 1. The van der Waals surface area contributed by atoms with Crippen molar-refractivity contribution in [3.05, 3.63) is 41.5 Å². The van der Waals surface area contributed by atoms with Gasteiger partial charge in [0, 0.05) is 25.2 Å². The molecule has 2 aliphatic rings. The van der Waals surface area contributed by atoms with Crippen LogP contribution >= 0.6 is 0 Å². The Labute approximate surface area is 113 Å². The molecule has 0 radical (unpaired) electrons. The fourth-order valence-electron chi connectivity index (χ4n) is 3.44. The normalized spacial score (nSPS) is 26.3. The molecule has 19 heavy (non-hydrogen) atoms. The Balaban J connectivity index is 1.75. The molecule has 1 aliphatic carbocycles. The van der Waals surface area contributed by atoms with Crippen molar-refractivity contribution in [2.45, 2.75) is 31.8 Å². The van der Waals surface area contributed by atoms with Crippen LogP contribution in [0.2, 0.25) is 0 Å². The number of hydrogen-bond acceptors (Lipinski definition) is 2. The van der Waals surface area contributed by atoms with E-state index in [4.69, 9.17) is 5.11 Å². The highest BCUT2D eigenvalue weighted by Gasteiger charge is 2.37. The van der Waals surface area contributed by atoms with E-state index in [-0.39, 0.29) is 0 Å². The molecule has 1 saturated heterocycles. The second kappa shape index (κ2) is 5.17. The third kappa shape index (κ3) is 2.71. The van der Waals surface area contributed by atoms with Crippen molar-refractivity contribution in [3.63, 3.8) is 0 Å². The summed E-state index contributed by atoms with van der Waals surface area (Å²) < 4.78 is 0. The molecule has 2 atom stereocenters. The van der Waals surface area contributed by atoms with Crippen LogP contribution in [-0.4, -0.2) is 28.6 Å². The standard InChI is InChI=1S/C16H19NO2/c18-16(19)8-6-13-3-1-2-4-14(13)11-17-10-12-5-7-15(17)9-12/h1-4,6,8,12,15H,5,7,9-11H2,(H,18,19)/b8-6+. The zero-order chi connectivity index (χ0) is 13.2. The second-order valence-electron chi connectivity index (χ2n) is 5.63. The highest BCUT2D eigenvalue weighted by Crippen LogP contribution is 2.38. The maximum absolute atomic E-state index is 10.6. The third-order valence-electron chi connectivity index (χ3n) is 4.36. The minimum Gasteiger partial charge on any atom is -0.478 e. The number of piperidine rings is 1. The number of rotatable bonds is 4. The van der Waals surface area contributed by atoms with E-state index in [2.05, 4.69) is 11.0 Å². The lowest BCUT2D eigenvalue weighted by Crippen LogP contribution is -2.31. The summed E-state index contributed by atoms with van der Waals surface area (Å²) in [6.45, 7) is 2.16. The number of carboxylic acid groups (broad SMARTS) is 1. The van der Waals surface area contributed by atoms with E-state index >= 15 is 0 Å². The highest BCUT2D eigenvalue weighted by atomic mass is 16.4. The van der Waals surface area contributed by atoms with E-state index in [1.165, 1.54) is 37.4 Å². The van der Waals surface area contributed by atoms with Gasteiger partial charge in [-0.05, 0) is 42.4 Å². The summed E-state index contributed by atoms with van der Waals surface area (Å²) in [6, 6.07) is 8.83. The molecular formula is C16H19NO2. The molecule has 2 unspecified atom stereocenters. The molecule has 3 rings (SSSR count). The van der Waals surface area contributed by atoms with Crippen LogP contribution in [0.1, 0.15) is 30.4 Å². The molecule has 100 valence electrons. The maximum Gasteiger partial charge on any atom is 0.328 e. The van der Waals surface area contributed by atoms with Crippen molar-refractivity contribution < 1.29 is 9.90 Å². The van der Waals surface area contributed by atoms with Crippen molar-refractivity contribution in [2.24, 2.45) is 5.92 Å². The van der Waals surface area contributed by atoms with Gasteiger partial charge in [0.15, 0.2) is 0 Å². The van der Waals surface area contributed by atoms with Crippen molar-refractivity contribution in [1.82, 2.24) is 4.90 Å². The van der Waals surface area contributed by atoms with Gasteiger partial charge in [-0.25, -0.2) is 4.79 Å². The quantitative estimate of drug-likeness (QED) is 0.843. The van der Waals surface area contributed by atoms with Crippen LogP contribution < -0.4 is 0 Å². The summed E-state index contributed by atoms with van der Waals surface area (Å²) in [5, 5.41) is 8.74. The molecule has 2 bridgehead atoms. The predicted molar refractivity (Wildman–Crippen MR) is 74.7 cm³/mol. The Morgan fingerprint density at radius 3 is 2.89 bits per heavy atom. The molecule has 3 nitrogen and oxygen atoms in total. The lowest BCUT2D eigenvalue weighted by atomic mass is 10.0. The van der Waals surface area contributed by atoms with Crippen LogP contribution in [0.15, 0.2) is 30.3 Å². The van der Waals surface area contributed by atoms with E-state index < -0.39 is 5.97 Å². The van der Waals surface area contributed by atoms with Crippen LogP contribution in [0.5, 0.6) is 0 Å². The molecule has 1 aliphatic heterocycles.